The molecule has 0 bridgehead atoms. The number of rotatable bonds is 0. The van der Waals surface area contributed by atoms with Gasteiger partial charge in [-0.2, -0.15) is 0 Å². The van der Waals surface area contributed by atoms with Gasteiger partial charge in [-0.05, 0) is 24.3 Å². The van der Waals surface area contributed by atoms with E-state index in [1.54, 1.807) is 24.1 Å². The van der Waals surface area contributed by atoms with E-state index >= 15 is 0 Å². The van der Waals surface area contributed by atoms with E-state index in [1.807, 2.05) is 24.3 Å². The van der Waals surface area contributed by atoms with Crippen molar-refractivity contribution in [1.82, 2.24) is 0 Å². The first kappa shape index (κ1) is 12.0. The molecule has 2 aliphatic heterocycles. The molecule has 0 saturated carbocycles. The van der Waals surface area contributed by atoms with Crippen molar-refractivity contribution in [3.63, 3.8) is 0 Å². The van der Waals surface area contributed by atoms with Gasteiger partial charge >= 0.3 is 0 Å². The average molecular weight is 264 g/mol. The van der Waals surface area contributed by atoms with Gasteiger partial charge in [0.05, 0.1) is 17.6 Å². The summed E-state index contributed by atoms with van der Waals surface area (Å²) in [6, 6.07) is 8.08. The minimum atomic E-state index is 0.572. The smallest absolute Gasteiger partial charge is 0.0830 e. The van der Waals surface area contributed by atoms with Crippen molar-refractivity contribution in [1.29, 1.82) is 0 Å². The lowest BCUT2D eigenvalue weighted by Gasteiger charge is -2.04. The molecule has 2 heterocycles. The maximum Gasteiger partial charge on any atom is 0.0830 e. The molecule has 2 nitrogen and oxygen atoms in total. The quantitative estimate of drug-likeness (QED) is 0.660. The largest absolute Gasteiger partial charge is 0.278 e. The maximum absolute atomic E-state index is 4.65. The van der Waals surface area contributed by atoms with E-state index in [-0.39, 0.29) is 0 Å². The van der Waals surface area contributed by atoms with E-state index in [4.69, 9.17) is 0 Å². The summed E-state index contributed by atoms with van der Waals surface area (Å²) >= 11 is 1.61. The predicted octanol–water partition coefficient (Wildman–Crippen LogP) is 2.35. The predicted molar refractivity (Wildman–Crippen MR) is 81.5 cm³/mol. The molecule has 0 N–H and O–H groups in total. The summed E-state index contributed by atoms with van der Waals surface area (Å²) in [7, 11) is 0. The Kier molecular flexibility index (Phi) is 3.32. The fraction of sp³-hybridized carbons (Fsp3) is 0.0625. The molecule has 0 saturated heterocycles. The van der Waals surface area contributed by atoms with Crippen LogP contribution in [0.25, 0.3) is 6.08 Å². The van der Waals surface area contributed by atoms with Crippen LogP contribution < -0.4 is 10.6 Å². The minimum Gasteiger partial charge on any atom is -0.278 e. The minimum absolute atomic E-state index is 0.572. The molecule has 0 aliphatic carbocycles. The number of aliphatic imine (C=N–C) groups is 1. The second-order valence-corrected chi connectivity index (χ2v) is 5.32. The SMILES string of the molecule is C=C1/C=c2/cccc/c2=N/CC2=C(C=C=CC=N2)S1. The standard InChI is InChI=1S/C16H12N2S/c1-12-10-13-6-2-3-7-14(13)18-11-15-16(19-12)8-4-5-9-17-15/h2-3,5-10H,1,11H2/b13-10-,18-14-. The first-order valence-electron chi connectivity index (χ1n) is 5.99. The van der Waals surface area contributed by atoms with E-state index in [0.717, 1.165) is 26.1 Å². The van der Waals surface area contributed by atoms with Crippen LogP contribution >= 0.6 is 11.8 Å². The molecular formula is C16H12N2S. The van der Waals surface area contributed by atoms with E-state index in [2.05, 4.69) is 34.4 Å². The van der Waals surface area contributed by atoms with Crippen molar-refractivity contribution < 1.29 is 0 Å². The highest BCUT2D eigenvalue weighted by molar-refractivity contribution is 8.07. The van der Waals surface area contributed by atoms with Crippen molar-refractivity contribution in [2.45, 2.75) is 0 Å². The lowest BCUT2D eigenvalue weighted by molar-refractivity contribution is 1.04. The Hall–Kier alpha value is -2.09. The Morgan fingerprint density at radius 3 is 3.11 bits per heavy atom. The third-order valence-electron chi connectivity index (χ3n) is 2.79. The van der Waals surface area contributed by atoms with Crippen LogP contribution in [0.2, 0.25) is 0 Å². The van der Waals surface area contributed by atoms with E-state index in [1.165, 1.54) is 0 Å². The summed E-state index contributed by atoms with van der Waals surface area (Å²) in [6.45, 7) is 4.67. The second kappa shape index (κ2) is 5.27. The molecule has 0 fully saturated rings. The molecule has 0 amide bonds. The van der Waals surface area contributed by atoms with Crippen LogP contribution in [0.1, 0.15) is 0 Å². The Morgan fingerprint density at radius 2 is 2.16 bits per heavy atom. The van der Waals surface area contributed by atoms with Crippen LogP contribution in [0.5, 0.6) is 0 Å². The highest BCUT2D eigenvalue weighted by Crippen LogP contribution is 2.30. The zero-order valence-corrected chi connectivity index (χ0v) is 11.2. The number of para-hydroxylation sites is 1. The molecular weight excluding hydrogens is 252 g/mol. The molecule has 0 aromatic heterocycles. The van der Waals surface area contributed by atoms with Crippen molar-refractivity contribution in [2.24, 2.45) is 9.98 Å². The Balaban J connectivity index is 2.18. The summed E-state index contributed by atoms with van der Waals surface area (Å²) in [5.41, 5.74) is 4.04. The molecule has 2 aliphatic rings. The van der Waals surface area contributed by atoms with Crippen molar-refractivity contribution in [3.05, 3.63) is 74.8 Å². The lowest BCUT2D eigenvalue weighted by Crippen LogP contribution is -2.24. The molecule has 0 atom stereocenters. The zero-order chi connectivity index (χ0) is 13.1. The Bertz CT molecular complexity index is 775. The summed E-state index contributed by atoms with van der Waals surface area (Å²) < 4.78 is 0. The lowest BCUT2D eigenvalue weighted by atomic mass is 10.2. The van der Waals surface area contributed by atoms with Crippen molar-refractivity contribution >= 4 is 24.1 Å². The van der Waals surface area contributed by atoms with Gasteiger partial charge in [-0.3, -0.25) is 9.98 Å². The molecule has 92 valence electrons. The van der Waals surface area contributed by atoms with Crippen LogP contribution in [0, 0.1) is 0 Å². The molecule has 0 unspecified atom stereocenters. The van der Waals surface area contributed by atoms with Crippen LogP contribution in [-0.2, 0) is 0 Å². The van der Waals surface area contributed by atoms with Gasteiger partial charge in [0.2, 0.25) is 0 Å². The van der Waals surface area contributed by atoms with Gasteiger partial charge in [-0.15, -0.1) is 5.73 Å². The van der Waals surface area contributed by atoms with Crippen LogP contribution in [-0.4, -0.2) is 12.8 Å². The number of allylic oxidation sites excluding steroid dienone is 2. The first-order valence-corrected chi connectivity index (χ1v) is 6.81. The normalized spacial score (nSPS) is 20.9. The van der Waals surface area contributed by atoms with E-state index in [0.29, 0.717) is 6.54 Å². The van der Waals surface area contributed by atoms with Gasteiger partial charge in [0, 0.05) is 21.2 Å². The fourth-order valence-electron chi connectivity index (χ4n) is 1.91. The Labute approximate surface area is 116 Å². The number of hydrogen-bond acceptors (Lipinski definition) is 3. The third kappa shape index (κ3) is 2.68. The second-order valence-electron chi connectivity index (χ2n) is 4.15. The van der Waals surface area contributed by atoms with E-state index < -0.39 is 0 Å². The zero-order valence-electron chi connectivity index (χ0n) is 10.3. The highest BCUT2D eigenvalue weighted by atomic mass is 32.2. The Morgan fingerprint density at radius 1 is 1.26 bits per heavy atom. The molecule has 3 rings (SSSR count). The number of hydrogen-bond donors (Lipinski definition) is 0. The number of thioether (sulfide) groups is 1. The molecule has 19 heavy (non-hydrogen) atoms. The number of nitrogens with zero attached hydrogens (tertiary/aromatic N) is 2. The average Bonchev–Trinajstić information content (AvgIpc) is 2.59. The molecule has 0 spiro atoms. The third-order valence-corrected chi connectivity index (χ3v) is 3.75. The van der Waals surface area contributed by atoms with Gasteiger partial charge in [0.1, 0.15) is 0 Å². The van der Waals surface area contributed by atoms with Crippen molar-refractivity contribution in [3.8, 4) is 0 Å². The van der Waals surface area contributed by atoms with Gasteiger partial charge in [0.25, 0.3) is 0 Å². The van der Waals surface area contributed by atoms with Gasteiger partial charge in [-0.25, -0.2) is 0 Å². The van der Waals surface area contributed by atoms with Gasteiger partial charge in [0.15, 0.2) is 0 Å². The van der Waals surface area contributed by atoms with Crippen molar-refractivity contribution in [2.75, 3.05) is 6.54 Å². The monoisotopic (exact) mass is 264 g/mol. The maximum atomic E-state index is 4.65. The molecule has 3 heteroatoms. The number of fused-ring (bicyclic) bond motifs is 1. The summed E-state index contributed by atoms with van der Waals surface area (Å²) in [5.74, 6) is 0. The molecule has 1 aromatic rings. The van der Waals surface area contributed by atoms with Crippen LogP contribution in [0.4, 0.5) is 0 Å². The van der Waals surface area contributed by atoms with Gasteiger partial charge in [-0.1, -0.05) is 36.5 Å². The highest BCUT2D eigenvalue weighted by Gasteiger charge is 2.07. The summed E-state index contributed by atoms with van der Waals surface area (Å²) in [4.78, 5) is 11.1. The fourth-order valence-corrected chi connectivity index (χ4v) is 2.74. The topological polar surface area (TPSA) is 24.7 Å². The van der Waals surface area contributed by atoms with Gasteiger partial charge < -0.3 is 0 Å². The van der Waals surface area contributed by atoms with Crippen LogP contribution in [0.3, 0.4) is 0 Å². The summed E-state index contributed by atoms with van der Waals surface area (Å²) in [6.07, 6.45) is 7.56. The summed E-state index contributed by atoms with van der Waals surface area (Å²) in [5, 5.41) is 2.08. The van der Waals surface area contributed by atoms with Crippen LogP contribution in [0.15, 0.2) is 74.2 Å². The molecule has 0 radical (unpaired) electrons. The molecule has 1 aromatic carbocycles. The van der Waals surface area contributed by atoms with E-state index in [9.17, 15) is 0 Å². The first-order chi connectivity index (χ1) is 9.33. The number of benzene rings is 1.